The van der Waals surface area contributed by atoms with Gasteiger partial charge in [-0.15, -0.1) is 0 Å². The Bertz CT molecular complexity index is 550. The van der Waals surface area contributed by atoms with E-state index in [4.69, 9.17) is 5.26 Å². The fraction of sp³-hybridized carbons (Fsp3) is 0.182. The van der Waals surface area contributed by atoms with Crippen molar-refractivity contribution >= 4 is 11.5 Å². The lowest BCUT2D eigenvalue weighted by Gasteiger charge is -2.05. The Hall–Kier alpha value is -2.35. The molecule has 0 bridgehead atoms. The van der Waals surface area contributed by atoms with Gasteiger partial charge in [0.25, 0.3) is 0 Å². The Kier molecular flexibility index (Phi) is 2.56. The van der Waals surface area contributed by atoms with Crippen molar-refractivity contribution in [1.82, 2.24) is 14.8 Å². The van der Waals surface area contributed by atoms with Crippen LogP contribution in [0.5, 0.6) is 0 Å². The number of hydrogen-bond donors (Lipinski definition) is 1. The third kappa shape index (κ3) is 1.86. The van der Waals surface area contributed by atoms with Gasteiger partial charge in [0.05, 0.1) is 17.4 Å². The van der Waals surface area contributed by atoms with Crippen LogP contribution in [0.1, 0.15) is 11.1 Å². The highest BCUT2D eigenvalue weighted by atomic mass is 15.3. The van der Waals surface area contributed by atoms with Gasteiger partial charge in [0, 0.05) is 19.4 Å². The number of hydrogen-bond acceptors (Lipinski definition) is 4. The van der Waals surface area contributed by atoms with Crippen molar-refractivity contribution in [2.24, 2.45) is 7.05 Å². The number of nitrogens with zero attached hydrogens (tertiary/aromatic N) is 4. The fourth-order valence-corrected chi connectivity index (χ4v) is 1.42. The van der Waals surface area contributed by atoms with Gasteiger partial charge in [-0.2, -0.15) is 10.4 Å². The maximum Gasteiger partial charge on any atom is 0.148 e. The predicted octanol–water partition coefficient (Wildman–Crippen LogP) is 1.74. The number of aryl methyl sites for hydroxylation is 2. The number of rotatable bonds is 2. The molecule has 0 aliphatic rings. The van der Waals surface area contributed by atoms with E-state index in [1.165, 1.54) is 0 Å². The maximum absolute atomic E-state index is 9.03. The molecule has 0 amide bonds. The minimum atomic E-state index is 0.561. The average Bonchev–Trinajstić information content (AvgIpc) is 2.64. The molecule has 0 atom stereocenters. The number of pyridine rings is 1. The second kappa shape index (κ2) is 4.03. The van der Waals surface area contributed by atoms with Gasteiger partial charge in [-0.25, -0.2) is 4.98 Å². The highest BCUT2D eigenvalue weighted by Crippen LogP contribution is 2.19. The van der Waals surface area contributed by atoms with Gasteiger partial charge in [0.1, 0.15) is 11.9 Å². The molecule has 5 heteroatoms. The van der Waals surface area contributed by atoms with E-state index in [0.717, 1.165) is 11.3 Å². The molecule has 0 saturated carbocycles. The Balaban J connectivity index is 2.35. The molecule has 5 nitrogen and oxygen atoms in total. The Morgan fingerprint density at radius 1 is 1.50 bits per heavy atom. The molecule has 0 aliphatic heterocycles. The molecule has 2 rings (SSSR count). The lowest BCUT2D eigenvalue weighted by molar-refractivity contribution is 0.768. The van der Waals surface area contributed by atoms with Gasteiger partial charge < -0.3 is 5.32 Å². The second-order valence-electron chi connectivity index (χ2n) is 3.49. The predicted molar refractivity (Wildman–Crippen MR) is 60.2 cm³/mol. The zero-order valence-electron chi connectivity index (χ0n) is 9.10. The standard InChI is InChI=1S/C11H11N5/c1-8-3-4-13-11(10(8)5-12)15-9-6-14-16(2)7-9/h3-4,6-7H,1-2H3,(H,13,15). The van der Waals surface area contributed by atoms with Crippen LogP contribution in [-0.2, 0) is 7.05 Å². The van der Waals surface area contributed by atoms with Gasteiger partial charge in [0.2, 0.25) is 0 Å². The molecular weight excluding hydrogens is 202 g/mol. The van der Waals surface area contributed by atoms with Crippen molar-refractivity contribution < 1.29 is 0 Å². The van der Waals surface area contributed by atoms with E-state index in [1.54, 1.807) is 17.1 Å². The lowest BCUT2D eigenvalue weighted by Crippen LogP contribution is -1.97. The molecule has 0 aliphatic carbocycles. The zero-order valence-corrected chi connectivity index (χ0v) is 9.10. The van der Waals surface area contributed by atoms with E-state index >= 15 is 0 Å². The summed E-state index contributed by atoms with van der Waals surface area (Å²) in [4.78, 5) is 4.14. The molecule has 0 unspecified atom stereocenters. The summed E-state index contributed by atoms with van der Waals surface area (Å²) in [7, 11) is 1.83. The van der Waals surface area contributed by atoms with E-state index in [9.17, 15) is 0 Å². The van der Waals surface area contributed by atoms with Crippen molar-refractivity contribution in [1.29, 1.82) is 5.26 Å². The molecule has 2 aromatic rings. The molecule has 1 N–H and O–H groups in total. The third-order valence-corrected chi connectivity index (χ3v) is 2.24. The number of aromatic nitrogens is 3. The molecule has 2 aromatic heterocycles. The highest BCUT2D eigenvalue weighted by molar-refractivity contribution is 5.63. The van der Waals surface area contributed by atoms with Crippen molar-refractivity contribution in [2.75, 3.05) is 5.32 Å². The first-order chi connectivity index (χ1) is 7.70. The van der Waals surface area contributed by atoms with Crippen LogP contribution in [0.4, 0.5) is 11.5 Å². The van der Waals surface area contributed by atoms with E-state index in [0.29, 0.717) is 11.4 Å². The zero-order chi connectivity index (χ0) is 11.5. The van der Waals surface area contributed by atoms with E-state index in [-0.39, 0.29) is 0 Å². The molecule has 0 fully saturated rings. The van der Waals surface area contributed by atoms with E-state index in [1.807, 2.05) is 26.2 Å². The van der Waals surface area contributed by atoms with Crippen LogP contribution in [0.3, 0.4) is 0 Å². The van der Waals surface area contributed by atoms with Crippen LogP contribution in [0.2, 0.25) is 0 Å². The normalized spacial score (nSPS) is 9.81. The Morgan fingerprint density at radius 2 is 2.31 bits per heavy atom. The van der Waals surface area contributed by atoms with Gasteiger partial charge in [-0.3, -0.25) is 4.68 Å². The molecule has 0 aromatic carbocycles. The molecular formula is C11H11N5. The number of nitriles is 1. The van der Waals surface area contributed by atoms with Crippen LogP contribution in [0.25, 0.3) is 0 Å². The molecule has 80 valence electrons. The van der Waals surface area contributed by atoms with E-state index in [2.05, 4.69) is 21.5 Å². The summed E-state index contributed by atoms with van der Waals surface area (Å²) < 4.78 is 1.68. The monoisotopic (exact) mass is 213 g/mol. The van der Waals surface area contributed by atoms with Crippen LogP contribution >= 0.6 is 0 Å². The van der Waals surface area contributed by atoms with Gasteiger partial charge in [-0.1, -0.05) is 0 Å². The summed E-state index contributed by atoms with van der Waals surface area (Å²) in [6.45, 7) is 1.88. The van der Waals surface area contributed by atoms with Crippen molar-refractivity contribution in [3.63, 3.8) is 0 Å². The minimum absolute atomic E-state index is 0.561. The average molecular weight is 213 g/mol. The summed E-state index contributed by atoms with van der Waals surface area (Å²) in [6, 6.07) is 3.95. The molecule has 0 radical (unpaired) electrons. The fourth-order valence-electron chi connectivity index (χ4n) is 1.42. The largest absolute Gasteiger partial charge is 0.337 e. The minimum Gasteiger partial charge on any atom is -0.337 e. The van der Waals surface area contributed by atoms with Gasteiger partial charge in [0.15, 0.2) is 0 Å². The van der Waals surface area contributed by atoms with Gasteiger partial charge in [-0.05, 0) is 18.6 Å². The topological polar surface area (TPSA) is 66.5 Å². The van der Waals surface area contributed by atoms with E-state index < -0.39 is 0 Å². The summed E-state index contributed by atoms with van der Waals surface area (Å²) >= 11 is 0. The Morgan fingerprint density at radius 3 is 2.94 bits per heavy atom. The summed E-state index contributed by atoms with van der Waals surface area (Å²) in [6.07, 6.45) is 5.19. The maximum atomic E-state index is 9.03. The first-order valence-corrected chi connectivity index (χ1v) is 4.82. The van der Waals surface area contributed by atoms with Crippen molar-refractivity contribution in [2.45, 2.75) is 6.92 Å². The SMILES string of the molecule is Cc1ccnc(Nc2cnn(C)c2)c1C#N. The Labute approximate surface area is 93.4 Å². The summed E-state index contributed by atoms with van der Waals surface area (Å²) in [5.74, 6) is 0.565. The van der Waals surface area contributed by atoms with Crippen molar-refractivity contribution in [3.05, 3.63) is 35.8 Å². The molecule has 2 heterocycles. The summed E-state index contributed by atoms with van der Waals surface area (Å²) in [5.41, 5.74) is 2.28. The van der Waals surface area contributed by atoms with Crippen LogP contribution in [-0.4, -0.2) is 14.8 Å². The summed E-state index contributed by atoms with van der Waals surface area (Å²) in [5, 5.41) is 16.1. The molecule has 16 heavy (non-hydrogen) atoms. The lowest BCUT2D eigenvalue weighted by atomic mass is 10.1. The first kappa shape index (κ1) is 10.2. The smallest absolute Gasteiger partial charge is 0.148 e. The highest BCUT2D eigenvalue weighted by Gasteiger charge is 2.07. The van der Waals surface area contributed by atoms with Crippen LogP contribution < -0.4 is 5.32 Å². The third-order valence-electron chi connectivity index (χ3n) is 2.24. The first-order valence-electron chi connectivity index (χ1n) is 4.82. The quantitative estimate of drug-likeness (QED) is 0.825. The number of nitrogens with one attached hydrogen (secondary N) is 1. The molecule has 0 saturated heterocycles. The second-order valence-corrected chi connectivity index (χ2v) is 3.49. The van der Waals surface area contributed by atoms with Crippen molar-refractivity contribution in [3.8, 4) is 6.07 Å². The van der Waals surface area contributed by atoms with Crippen LogP contribution in [0.15, 0.2) is 24.7 Å². The number of anilines is 2. The van der Waals surface area contributed by atoms with Crippen LogP contribution in [0, 0.1) is 18.3 Å². The van der Waals surface area contributed by atoms with Gasteiger partial charge >= 0.3 is 0 Å². The molecule has 0 spiro atoms.